The van der Waals surface area contributed by atoms with Crippen LogP contribution in [0.25, 0.3) is 0 Å². The Morgan fingerprint density at radius 1 is 1.16 bits per heavy atom. The van der Waals surface area contributed by atoms with Gasteiger partial charge in [-0.1, -0.05) is 19.1 Å². The maximum atomic E-state index is 14.2. The summed E-state index contributed by atoms with van der Waals surface area (Å²) in [6.07, 6.45) is 5.47. The van der Waals surface area contributed by atoms with Crippen molar-refractivity contribution < 1.29 is 4.39 Å². The Morgan fingerprint density at radius 3 is 2.58 bits per heavy atom. The zero-order chi connectivity index (χ0) is 12.5. The Kier molecular flexibility index (Phi) is 2.79. The van der Waals surface area contributed by atoms with E-state index in [4.69, 9.17) is 5.73 Å². The van der Waals surface area contributed by atoms with Gasteiger partial charge in [0.1, 0.15) is 5.82 Å². The Labute approximate surface area is 120 Å². The molecule has 0 aliphatic heterocycles. The van der Waals surface area contributed by atoms with Gasteiger partial charge in [0.25, 0.3) is 0 Å². The third kappa shape index (κ3) is 1.84. The summed E-state index contributed by atoms with van der Waals surface area (Å²) >= 11 is 0. The standard InChI is InChI=1S/C16H20FN.ClH/c1-15-5-10-7-16(18,9-15)8-11(6-15)14-12(10)3-2-4-13(14)17;/h2-4,10-11H,5-9,18H2,1H3;1H. The molecule has 0 amide bonds. The molecule has 104 valence electrons. The summed E-state index contributed by atoms with van der Waals surface area (Å²) in [5, 5.41) is 0. The Morgan fingerprint density at radius 2 is 1.84 bits per heavy atom. The molecule has 0 aromatic heterocycles. The average molecular weight is 282 g/mol. The van der Waals surface area contributed by atoms with Crippen molar-refractivity contribution in [2.45, 2.75) is 56.4 Å². The van der Waals surface area contributed by atoms with E-state index in [1.54, 1.807) is 6.07 Å². The van der Waals surface area contributed by atoms with Gasteiger partial charge in [0.15, 0.2) is 0 Å². The van der Waals surface area contributed by atoms with Crippen LogP contribution in [0.4, 0.5) is 4.39 Å². The first-order chi connectivity index (χ1) is 8.48. The molecule has 19 heavy (non-hydrogen) atoms. The monoisotopic (exact) mass is 281 g/mol. The highest BCUT2D eigenvalue weighted by Gasteiger charge is 2.53. The van der Waals surface area contributed by atoms with E-state index in [1.165, 1.54) is 12.0 Å². The molecule has 2 fully saturated rings. The van der Waals surface area contributed by atoms with E-state index < -0.39 is 0 Å². The van der Waals surface area contributed by atoms with E-state index in [0.717, 1.165) is 31.2 Å². The fraction of sp³-hybridized carbons (Fsp3) is 0.625. The predicted molar refractivity (Wildman–Crippen MR) is 77.2 cm³/mol. The van der Waals surface area contributed by atoms with Gasteiger partial charge in [0.05, 0.1) is 0 Å². The molecule has 2 saturated carbocycles. The topological polar surface area (TPSA) is 26.0 Å². The maximum Gasteiger partial charge on any atom is 0.126 e. The third-order valence-electron chi connectivity index (χ3n) is 5.50. The zero-order valence-corrected chi connectivity index (χ0v) is 12.1. The highest BCUT2D eigenvalue weighted by atomic mass is 35.5. The third-order valence-corrected chi connectivity index (χ3v) is 5.50. The molecule has 5 rings (SSSR count). The number of benzene rings is 1. The molecule has 1 aromatic rings. The van der Waals surface area contributed by atoms with E-state index in [9.17, 15) is 4.39 Å². The fourth-order valence-corrected chi connectivity index (χ4v) is 5.39. The smallest absolute Gasteiger partial charge is 0.126 e. The molecule has 0 spiro atoms. The van der Waals surface area contributed by atoms with Crippen molar-refractivity contribution in [1.29, 1.82) is 0 Å². The first-order valence-corrected chi connectivity index (χ1v) is 7.05. The van der Waals surface area contributed by atoms with Crippen LogP contribution in [0, 0.1) is 11.2 Å². The molecule has 4 unspecified atom stereocenters. The van der Waals surface area contributed by atoms with Crippen molar-refractivity contribution in [2.24, 2.45) is 11.1 Å². The molecule has 1 nitrogen and oxygen atoms in total. The van der Waals surface area contributed by atoms with Gasteiger partial charge in [0, 0.05) is 5.54 Å². The first-order valence-electron chi connectivity index (χ1n) is 7.05. The van der Waals surface area contributed by atoms with Crippen molar-refractivity contribution in [2.75, 3.05) is 0 Å². The van der Waals surface area contributed by atoms with E-state index >= 15 is 0 Å². The van der Waals surface area contributed by atoms with Crippen molar-refractivity contribution in [3.8, 4) is 0 Å². The summed E-state index contributed by atoms with van der Waals surface area (Å²) in [7, 11) is 0. The molecule has 0 heterocycles. The van der Waals surface area contributed by atoms with E-state index in [1.807, 2.05) is 6.07 Å². The summed E-state index contributed by atoms with van der Waals surface area (Å²) in [4.78, 5) is 0. The number of hydrogen-bond donors (Lipinski definition) is 1. The summed E-state index contributed by atoms with van der Waals surface area (Å²) < 4.78 is 14.2. The number of rotatable bonds is 0. The summed E-state index contributed by atoms with van der Waals surface area (Å²) in [5.74, 6) is 0.822. The normalized spacial score (nSPS) is 42.5. The second-order valence-corrected chi connectivity index (χ2v) is 7.30. The average Bonchev–Trinajstić information content (AvgIpc) is 2.37. The van der Waals surface area contributed by atoms with Crippen LogP contribution in [0.1, 0.15) is 62.0 Å². The minimum absolute atomic E-state index is 0. The van der Waals surface area contributed by atoms with E-state index in [0.29, 0.717) is 17.3 Å². The van der Waals surface area contributed by atoms with Crippen LogP contribution >= 0.6 is 12.4 Å². The van der Waals surface area contributed by atoms with Crippen LogP contribution in [0.15, 0.2) is 18.2 Å². The Hall–Kier alpha value is -0.600. The largest absolute Gasteiger partial charge is 0.325 e. The van der Waals surface area contributed by atoms with Gasteiger partial charge in [-0.15, -0.1) is 12.4 Å². The SMILES string of the molecule is CC12CC3CC(N)(CC(C1)c1c(F)cccc13)C2.Cl. The lowest BCUT2D eigenvalue weighted by molar-refractivity contribution is 0.0540. The molecular weight excluding hydrogens is 261 g/mol. The van der Waals surface area contributed by atoms with Gasteiger partial charge in [-0.25, -0.2) is 4.39 Å². The minimum Gasteiger partial charge on any atom is -0.325 e. The van der Waals surface area contributed by atoms with Crippen molar-refractivity contribution in [1.82, 2.24) is 0 Å². The van der Waals surface area contributed by atoms with Crippen LogP contribution in [0.5, 0.6) is 0 Å². The van der Waals surface area contributed by atoms with Gasteiger partial charge >= 0.3 is 0 Å². The molecule has 0 radical (unpaired) electrons. The van der Waals surface area contributed by atoms with Gasteiger partial charge in [-0.05, 0) is 66.5 Å². The molecule has 0 saturated heterocycles. The molecule has 2 N–H and O–H groups in total. The highest BCUT2D eigenvalue weighted by molar-refractivity contribution is 5.85. The molecule has 4 atom stereocenters. The van der Waals surface area contributed by atoms with Crippen LogP contribution < -0.4 is 5.73 Å². The molecule has 3 heteroatoms. The fourth-order valence-electron chi connectivity index (χ4n) is 5.39. The van der Waals surface area contributed by atoms with Gasteiger partial charge < -0.3 is 5.73 Å². The van der Waals surface area contributed by atoms with Crippen LogP contribution in [0.3, 0.4) is 0 Å². The maximum absolute atomic E-state index is 14.2. The van der Waals surface area contributed by atoms with Gasteiger partial charge in [0.2, 0.25) is 0 Å². The van der Waals surface area contributed by atoms with Crippen molar-refractivity contribution >= 4 is 12.4 Å². The lowest BCUT2D eigenvalue weighted by atomic mass is 9.56. The van der Waals surface area contributed by atoms with Crippen molar-refractivity contribution in [3.63, 3.8) is 0 Å². The number of hydrogen-bond acceptors (Lipinski definition) is 1. The zero-order valence-electron chi connectivity index (χ0n) is 11.3. The lowest BCUT2D eigenvalue weighted by Crippen LogP contribution is -2.52. The molecule has 4 aliphatic carbocycles. The highest BCUT2D eigenvalue weighted by Crippen LogP contribution is 2.62. The number of nitrogens with two attached hydrogens (primary N) is 1. The quantitative estimate of drug-likeness (QED) is 0.761. The minimum atomic E-state index is -0.0496. The Bertz CT molecular complexity index is 511. The van der Waals surface area contributed by atoms with Gasteiger partial charge in [-0.3, -0.25) is 0 Å². The second kappa shape index (κ2) is 3.95. The molecule has 4 bridgehead atoms. The molecule has 1 aromatic carbocycles. The van der Waals surface area contributed by atoms with Crippen LogP contribution in [-0.4, -0.2) is 5.54 Å². The first kappa shape index (κ1) is 13.4. The van der Waals surface area contributed by atoms with E-state index in [-0.39, 0.29) is 23.8 Å². The summed E-state index contributed by atoms with van der Waals surface area (Å²) in [6.45, 7) is 2.36. The van der Waals surface area contributed by atoms with Crippen LogP contribution in [-0.2, 0) is 0 Å². The Balaban J connectivity index is 0.00000110. The van der Waals surface area contributed by atoms with Crippen LogP contribution in [0.2, 0.25) is 0 Å². The second-order valence-electron chi connectivity index (χ2n) is 7.30. The molecular formula is C16H21ClFN. The lowest BCUT2D eigenvalue weighted by Gasteiger charge is -2.52. The summed E-state index contributed by atoms with van der Waals surface area (Å²) in [6, 6.07) is 5.63. The summed E-state index contributed by atoms with van der Waals surface area (Å²) in [5.41, 5.74) is 9.15. The van der Waals surface area contributed by atoms with E-state index in [2.05, 4.69) is 13.0 Å². The number of halogens is 2. The predicted octanol–water partition coefficient (Wildman–Crippen LogP) is 4.11. The molecule has 4 aliphatic rings. The van der Waals surface area contributed by atoms with Crippen molar-refractivity contribution in [3.05, 3.63) is 35.1 Å². The van der Waals surface area contributed by atoms with Gasteiger partial charge in [-0.2, -0.15) is 0 Å².